The molecule has 0 spiro atoms. The molecule has 0 atom stereocenters. The van der Waals surface area contributed by atoms with Crippen molar-refractivity contribution in [3.8, 4) is 11.5 Å². The molecule has 0 radical (unpaired) electrons. The van der Waals surface area contributed by atoms with E-state index in [2.05, 4.69) is 0 Å². The van der Waals surface area contributed by atoms with Gasteiger partial charge in [0, 0.05) is 19.6 Å². The molecule has 0 aliphatic heterocycles. The summed E-state index contributed by atoms with van der Waals surface area (Å²) in [6.45, 7) is -1.99. The molecule has 0 saturated heterocycles. The van der Waals surface area contributed by atoms with Crippen LogP contribution in [0.3, 0.4) is 0 Å². The van der Waals surface area contributed by atoms with Crippen LogP contribution < -0.4 is 9.47 Å². The number of carboxylic acids is 2. The average molecular weight is 907 g/mol. The van der Waals surface area contributed by atoms with Gasteiger partial charge in [0.15, 0.2) is 13.2 Å². The number of thioether (sulfide) groups is 2. The largest absolute Gasteiger partial charge is 0.481 e. The first-order valence-corrected chi connectivity index (χ1v) is 19.7. The highest BCUT2D eigenvalue weighted by molar-refractivity contribution is 7.99. The van der Waals surface area contributed by atoms with E-state index in [0.717, 1.165) is 72.1 Å². The van der Waals surface area contributed by atoms with Crippen LogP contribution in [0.5, 0.6) is 11.5 Å². The lowest BCUT2D eigenvalue weighted by molar-refractivity contribution is -0.143. The van der Waals surface area contributed by atoms with Gasteiger partial charge in [0.2, 0.25) is 0 Å². The molecule has 4 rings (SSSR count). The lowest BCUT2D eigenvalue weighted by Gasteiger charge is -2.18. The van der Waals surface area contributed by atoms with Crippen molar-refractivity contribution in [2.75, 3.05) is 24.7 Å². The lowest BCUT2D eigenvalue weighted by atomic mass is 10.1. The fraction of sp³-hybridized carbons (Fsp3) is 0.316. The summed E-state index contributed by atoms with van der Waals surface area (Å²) in [6, 6.07) is 12.3. The van der Waals surface area contributed by atoms with Crippen molar-refractivity contribution in [3.63, 3.8) is 0 Å². The van der Waals surface area contributed by atoms with Gasteiger partial charge in [-0.05, 0) is 109 Å². The number of ether oxygens (including phenoxy) is 2. The van der Waals surface area contributed by atoms with E-state index < -0.39 is 93.4 Å². The topological polar surface area (TPSA) is 93.1 Å². The average Bonchev–Trinajstić information content (AvgIpc) is 3.13. The number of benzene rings is 4. The SMILES string of the molecule is O=C(O)COc1ccc(SCCCc2ccc(Sc3ccc(CCCSc4ccc(OCC(=O)O)c(C(F)(F)F)c4)cc3C(F)(F)F)c(C(F)(F)F)c2)cc1C(F)(F)F. The van der Waals surface area contributed by atoms with Crippen LogP contribution in [0.4, 0.5) is 52.7 Å². The van der Waals surface area contributed by atoms with Crippen molar-refractivity contribution < 1.29 is 82.0 Å². The Morgan fingerprint density at radius 2 is 0.847 bits per heavy atom. The predicted octanol–water partition coefficient (Wildman–Crippen LogP) is 12.3. The zero-order valence-electron chi connectivity index (χ0n) is 29.9. The van der Waals surface area contributed by atoms with Gasteiger partial charge >= 0.3 is 36.6 Å². The third-order valence-electron chi connectivity index (χ3n) is 7.89. The minimum atomic E-state index is -4.96. The summed E-state index contributed by atoms with van der Waals surface area (Å²) >= 11 is 2.20. The van der Waals surface area contributed by atoms with E-state index in [1.165, 1.54) is 24.3 Å². The molecule has 0 aromatic heterocycles. The summed E-state index contributed by atoms with van der Waals surface area (Å²) < 4.78 is 176. The van der Waals surface area contributed by atoms with E-state index >= 15 is 0 Å². The molecule has 0 aliphatic rings. The van der Waals surface area contributed by atoms with Gasteiger partial charge in [0.1, 0.15) is 11.5 Å². The molecule has 0 bridgehead atoms. The van der Waals surface area contributed by atoms with Crippen molar-refractivity contribution in [1.29, 1.82) is 0 Å². The first-order valence-electron chi connectivity index (χ1n) is 16.9. The highest BCUT2D eigenvalue weighted by Crippen LogP contribution is 2.45. The van der Waals surface area contributed by atoms with Crippen LogP contribution in [-0.4, -0.2) is 46.9 Å². The van der Waals surface area contributed by atoms with Crippen molar-refractivity contribution in [2.24, 2.45) is 0 Å². The Bertz CT molecular complexity index is 1950. The molecule has 6 nitrogen and oxygen atoms in total. The number of carbonyl (C=O) groups is 2. The molecule has 2 N–H and O–H groups in total. The quantitative estimate of drug-likeness (QED) is 0.0575. The van der Waals surface area contributed by atoms with Crippen molar-refractivity contribution >= 4 is 47.2 Å². The van der Waals surface area contributed by atoms with Crippen molar-refractivity contribution in [1.82, 2.24) is 0 Å². The zero-order valence-corrected chi connectivity index (χ0v) is 32.3. The Labute approximate surface area is 340 Å². The number of rotatable bonds is 18. The van der Waals surface area contributed by atoms with Gasteiger partial charge < -0.3 is 19.7 Å². The molecule has 4 aromatic rings. The lowest BCUT2D eigenvalue weighted by Crippen LogP contribution is -2.14. The van der Waals surface area contributed by atoms with Crippen LogP contribution in [0.15, 0.2) is 92.4 Å². The van der Waals surface area contributed by atoms with E-state index in [9.17, 15) is 62.3 Å². The van der Waals surface area contributed by atoms with E-state index in [-0.39, 0.29) is 69.9 Å². The Morgan fingerprint density at radius 3 is 1.17 bits per heavy atom. The zero-order chi connectivity index (χ0) is 43.8. The summed E-state index contributed by atoms with van der Waals surface area (Å²) in [5, 5.41) is 17.4. The number of aryl methyl sites for hydroxylation is 2. The van der Waals surface area contributed by atoms with E-state index in [1.54, 1.807) is 0 Å². The molecule has 0 fully saturated rings. The summed E-state index contributed by atoms with van der Waals surface area (Å²) in [4.78, 5) is 20.7. The number of halogens is 12. The Hall–Kier alpha value is -4.37. The highest BCUT2D eigenvalue weighted by Gasteiger charge is 2.38. The van der Waals surface area contributed by atoms with Crippen LogP contribution in [0.25, 0.3) is 0 Å². The van der Waals surface area contributed by atoms with Gasteiger partial charge in [-0.25, -0.2) is 9.59 Å². The molecule has 0 aliphatic carbocycles. The summed E-state index contributed by atoms with van der Waals surface area (Å²) in [5.41, 5.74) is -4.43. The maximum Gasteiger partial charge on any atom is 0.420 e. The van der Waals surface area contributed by atoms with Gasteiger partial charge in [-0.3, -0.25) is 0 Å². The minimum Gasteiger partial charge on any atom is -0.481 e. The fourth-order valence-corrected chi connectivity index (χ4v) is 8.17. The van der Waals surface area contributed by atoms with Gasteiger partial charge in [-0.2, -0.15) is 52.7 Å². The smallest absolute Gasteiger partial charge is 0.420 e. The third-order valence-corrected chi connectivity index (χ3v) is 11.2. The second kappa shape index (κ2) is 19.8. The van der Waals surface area contributed by atoms with Crippen LogP contribution in [-0.2, 0) is 47.1 Å². The van der Waals surface area contributed by atoms with E-state index in [1.807, 2.05) is 0 Å². The van der Waals surface area contributed by atoms with Gasteiger partial charge in [-0.15, -0.1) is 23.5 Å². The van der Waals surface area contributed by atoms with Gasteiger partial charge in [0.05, 0.1) is 22.3 Å². The highest BCUT2D eigenvalue weighted by atomic mass is 32.2. The Kier molecular flexibility index (Phi) is 15.9. The summed E-state index contributed by atoms with van der Waals surface area (Å²) in [6.07, 6.45) is -19.2. The first-order chi connectivity index (χ1) is 27.4. The molecule has 320 valence electrons. The van der Waals surface area contributed by atoms with Crippen LogP contribution >= 0.6 is 35.3 Å². The molecule has 21 heteroatoms. The van der Waals surface area contributed by atoms with Crippen LogP contribution in [0.1, 0.15) is 46.2 Å². The number of carboxylic acid groups (broad SMARTS) is 2. The Balaban J connectivity index is 1.41. The number of aliphatic carboxylic acids is 2. The number of hydrogen-bond donors (Lipinski definition) is 2. The second-order valence-electron chi connectivity index (χ2n) is 12.3. The van der Waals surface area contributed by atoms with Crippen LogP contribution in [0, 0.1) is 0 Å². The van der Waals surface area contributed by atoms with Gasteiger partial charge in [0.25, 0.3) is 0 Å². The third kappa shape index (κ3) is 14.4. The van der Waals surface area contributed by atoms with E-state index in [0.29, 0.717) is 0 Å². The maximum absolute atomic E-state index is 14.2. The molecule has 59 heavy (non-hydrogen) atoms. The Morgan fingerprint density at radius 1 is 0.492 bits per heavy atom. The molecule has 4 aromatic carbocycles. The summed E-state index contributed by atoms with van der Waals surface area (Å²) in [7, 11) is 0. The predicted molar refractivity (Wildman–Crippen MR) is 194 cm³/mol. The molecule has 0 unspecified atom stereocenters. The molecular weight excluding hydrogens is 877 g/mol. The van der Waals surface area contributed by atoms with Gasteiger partial charge in [-0.1, -0.05) is 23.9 Å². The fourth-order valence-electron chi connectivity index (χ4n) is 5.31. The molecular formula is C38H30F12O6S3. The van der Waals surface area contributed by atoms with Crippen molar-refractivity contribution in [3.05, 3.63) is 106 Å². The second-order valence-corrected chi connectivity index (χ2v) is 15.8. The maximum atomic E-state index is 14.2. The molecule has 0 heterocycles. The monoisotopic (exact) mass is 906 g/mol. The number of hydrogen-bond acceptors (Lipinski definition) is 7. The standard InChI is InChI=1S/C38H30F12O6S3/c39-35(40,41)25-17-23(7-9-29(25)55-19-33(51)52)57-13-1-3-21-5-11-31(27(15-21)37(45,46)47)59-32-12-6-22(16-28(32)38(48,49)50)4-2-14-58-24-8-10-30(56-20-34(53)54)26(18-24)36(42,43)44/h5-12,15-18H,1-4,13-14,19-20H2,(H,51,52)(H,53,54). The number of alkyl halides is 12. The normalized spacial score (nSPS) is 12.4. The summed E-state index contributed by atoms with van der Waals surface area (Å²) in [5.74, 6) is -3.99. The van der Waals surface area contributed by atoms with E-state index in [4.69, 9.17) is 19.7 Å². The molecule has 0 amide bonds. The van der Waals surface area contributed by atoms with Crippen molar-refractivity contribution in [2.45, 2.75) is 70.0 Å². The van der Waals surface area contributed by atoms with Crippen LogP contribution in [0.2, 0.25) is 0 Å². The first kappa shape index (κ1) is 47.3. The minimum absolute atomic E-state index is 0.0454. The molecule has 0 saturated carbocycles.